The van der Waals surface area contributed by atoms with Crippen LogP contribution in [0.2, 0.25) is 0 Å². The Morgan fingerprint density at radius 2 is 1.92 bits per heavy atom. The molecular formula is C9H14F2N2. The number of hydrogen-bond acceptors (Lipinski definition) is 1. The minimum atomic E-state index is -2.47. The fourth-order valence-corrected chi connectivity index (χ4v) is 1.00. The van der Waals surface area contributed by atoms with Crippen LogP contribution < -0.4 is 0 Å². The summed E-state index contributed by atoms with van der Waals surface area (Å²) >= 11 is 0. The van der Waals surface area contributed by atoms with Crippen molar-refractivity contribution < 1.29 is 8.78 Å². The molecule has 1 atom stereocenters. The standard InChI is InChI=1S/C9H14F2N2/c1-6(2)7(3)13-5-4-8(12-13)9(10)11/h4-7,9H,1-3H3. The second-order valence-electron chi connectivity index (χ2n) is 3.51. The summed E-state index contributed by atoms with van der Waals surface area (Å²) in [5.74, 6) is 0.394. The van der Waals surface area contributed by atoms with Gasteiger partial charge in [-0.1, -0.05) is 13.8 Å². The fourth-order valence-electron chi connectivity index (χ4n) is 1.00. The first kappa shape index (κ1) is 10.2. The highest BCUT2D eigenvalue weighted by Gasteiger charge is 2.14. The Hall–Kier alpha value is -0.930. The summed E-state index contributed by atoms with van der Waals surface area (Å²) in [5.41, 5.74) is -0.146. The molecule has 2 nitrogen and oxygen atoms in total. The molecule has 1 unspecified atom stereocenters. The molecule has 1 aromatic rings. The molecule has 0 spiro atoms. The molecule has 0 aromatic carbocycles. The molecule has 0 saturated heterocycles. The third kappa shape index (κ3) is 2.26. The second-order valence-corrected chi connectivity index (χ2v) is 3.51. The Bertz CT molecular complexity index is 268. The van der Waals surface area contributed by atoms with Crippen LogP contribution in [0.3, 0.4) is 0 Å². The smallest absolute Gasteiger partial charge is 0.269 e. The molecule has 0 aliphatic carbocycles. The van der Waals surface area contributed by atoms with Crippen LogP contribution in [0.4, 0.5) is 8.78 Å². The zero-order chi connectivity index (χ0) is 10.0. The average Bonchev–Trinajstić information content (AvgIpc) is 2.50. The van der Waals surface area contributed by atoms with Gasteiger partial charge in [-0.25, -0.2) is 8.78 Å². The molecule has 0 N–H and O–H groups in total. The third-order valence-electron chi connectivity index (χ3n) is 2.23. The van der Waals surface area contributed by atoms with E-state index in [0.717, 1.165) is 0 Å². The maximum absolute atomic E-state index is 12.2. The molecule has 0 radical (unpaired) electrons. The summed E-state index contributed by atoms with van der Waals surface area (Å²) in [5, 5.41) is 3.80. The van der Waals surface area contributed by atoms with E-state index in [1.807, 2.05) is 20.8 Å². The van der Waals surface area contributed by atoms with Crippen molar-refractivity contribution in [3.8, 4) is 0 Å². The first-order valence-electron chi connectivity index (χ1n) is 4.35. The van der Waals surface area contributed by atoms with Gasteiger partial charge in [-0.3, -0.25) is 4.68 Å². The predicted octanol–water partition coefficient (Wildman–Crippen LogP) is 3.04. The summed E-state index contributed by atoms with van der Waals surface area (Å²) < 4.78 is 25.9. The molecule has 0 aliphatic rings. The van der Waals surface area contributed by atoms with Gasteiger partial charge in [0.25, 0.3) is 6.43 Å². The van der Waals surface area contributed by atoms with Crippen LogP contribution in [0.5, 0.6) is 0 Å². The lowest BCUT2D eigenvalue weighted by molar-refractivity contribution is 0.144. The van der Waals surface area contributed by atoms with Gasteiger partial charge in [0.1, 0.15) is 5.69 Å². The molecule has 4 heteroatoms. The maximum atomic E-state index is 12.2. The zero-order valence-corrected chi connectivity index (χ0v) is 8.04. The number of aromatic nitrogens is 2. The number of nitrogens with zero attached hydrogens (tertiary/aromatic N) is 2. The molecule has 0 fully saturated rings. The van der Waals surface area contributed by atoms with Gasteiger partial charge in [0.05, 0.1) is 6.04 Å². The molecule has 0 amide bonds. The lowest BCUT2D eigenvalue weighted by Gasteiger charge is -2.15. The van der Waals surface area contributed by atoms with Crippen molar-refractivity contribution in [2.75, 3.05) is 0 Å². The Labute approximate surface area is 76.6 Å². The molecule has 1 heterocycles. The SMILES string of the molecule is CC(C)C(C)n1ccc(C(F)F)n1. The average molecular weight is 188 g/mol. The van der Waals surface area contributed by atoms with E-state index in [9.17, 15) is 8.78 Å². The summed E-state index contributed by atoms with van der Waals surface area (Å²) in [6, 6.07) is 1.52. The number of halogens is 2. The molecule has 0 saturated carbocycles. The first-order chi connectivity index (χ1) is 6.02. The van der Waals surface area contributed by atoms with E-state index in [2.05, 4.69) is 5.10 Å². The second kappa shape index (κ2) is 3.85. The molecular weight excluding hydrogens is 174 g/mol. The zero-order valence-electron chi connectivity index (χ0n) is 8.04. The predicted molar refractivity (Wildman–Crippen MR) is 46.7 cm³/mol. The van der Waals surface area contributed by atoms with Crippen molar-refractivity contribution in [2.45, 2.75) is 33.2 Å². The third-order valence-corrected chi connectivity index (χ3v) is 2.23. The van der Waals surface area contributed by atoms with Crippen molar-refractivity contribution >= 4 is 0 Å². The van der Waals surface area contributed by atoms with E-state index in [1.54, 1.807) is 10.9 Å². The Morgan fingerprint density at radius 3 is 2.31 bits per heavy atom. The molecule has 1 aromatic heterocycles. The largest absolute Gasteiger partial charge is 0.282 e. The van der Waals surface area contributed by atoms with Crippen molar-refractivity contribution in [3.63, 3.8) is 0 Å². The lowest BCUT2D eigenvalue weighted by Crippen LogP contribution is -2.12. The summed E-state index contributed by atoms with van der Waals surface area (Å²) in [6.45, 7) is 6.04. The fraction of sp³-hybridized carbons (Fsp3) is 0.667. The van der Waals surface area contributed by atoms with E-state index in [0.29, 0.717) is 5.92 Å². The highest BCUT2D eigenvalue weighted by molar-refractivity contribution is 5.00. The highest BCUT2D eigenvalue weighted by Crippen LogP contribution is 2.20. The molecule has 0 aliphatic heterocycles. The Kier molecular flexibility index (Phi) is 3.01. The van der Waals surface area contributed by atoms with Gasteiger partial charge >= 0.3 is 0 Å². The normalized spacial score (nSPS) is 14.1. The van der Waals surface area contributed by atoms with E-state index in [4.69, 9.17) is 0 Å². The van der Waals surface area contributed by atoms with Gasteiger partial charge in [0, 0.05) is 6.20 Å². The highest BCUT2D eigenvalue weighted by atomic mass is 19.3. The van der Waals surface area contributed by atoms with Crippen LogP contribution >= 0.6 is 0 Å². The van der Waals surface area contributed by atoms with E-state index in [-0.39, 0.29) is 11.7 Å². The monoisotopic (exact) mass is 188 g/mol. The Morgan fingerprint density at radius 1 is 1.31 bits per heavy atom. The van der Waals surface area contributed by atoms with Gasteiger partial charge in [0.15, 0.2) is 0 Å². The topological polar surface area (TPSA) is 17.8 Å². The minimum Gasteiger partial charge on any atom is -0.269 e. The number of hydrogen-bond donors (Lipinski definition) is 0. The van der Waals surface area contributed by atoms with Crippen molar-refractivity contribution in [2.24, 2.45) is 5.92 Å². The maximum Gasteiger partial charge on any atom is 0.282 e. The minimum absolute atomic E-state index is 0.146. The van der Waals surface area contributed by atoms with Gasteiger partial charge < -0.3 is 0 Å². The first-order valence-corrected chi connectivity index (χ1v) is 4.35. The van der Waals surface area contributed by atoms with Crippen LogP contribution in [0.1, 0.15) is 38.9 Å². The van der Waals surface area contributed by atoms with Crippen molar-refractivity contribution in [3.05, 3.63) is 18.0 Å². The van der Waals surface area contributed by atoms with Crippen LogP contribution in [0.25, 0.3) is 0 Å². The van der Waals surface area contributed by atoms with Crippen molar-refractivity contribution in [1.82, 2.24) is 9.78 Å². The molecule has 0 bridgehead atoms. The summed E-state index contributed by atoms with van der Waals surface area (Å²) in [4.78, 5) is 0. The Balaban J connectivity index is 2.79. The molecule has 1 rings (SSSR count). The van der Waals surface area contributed by atoms with E-state index < -0.39 is 6.43 Å². The van der Waals surface area contributed by atoms with Crippen LogP contribution in [-0.4, -0.2) is 9.78 Å². The van der Waals surface area contributed by atoms with Crippen LogP contribution in [0.15, 0.2) is 12.3 Å². The lowest BCUT2D eigenvalue weighted by atomic mass is 10.1. The van der Waals surface area contributed by atoms with Crippen molar-refractivity contribution in [1.29, 1.82) is 0 Å². The van der Waals surface area contributed by atoms with Gasteiger partial charge in [-0.2, -0.15) is 5.10 Å². The summed E-state index contributed by atoms with van der Waals surface area (Å²) in [7, 11) is 0. The van der Waals surface area contributed by atoms with Gasteiger partial charge in [-0.15, -0.1) is 0 Å². The van der Waals surface area contributed by atoms with Gasteiger partial charge in [0.2, 0.25) is 0 Å². The molecule has 74 valence electrons. The van der Waals surface area contributed by atoms with Crippen LogP contribution in [0, 0.1) is 5.92 Å². The van der Waals surface area contributed by atoms with Crippen LogP contribution in [-0.2, 0) is 0 Å². The van der Waals surface area contributed by atoms with Gasteiger partial charge in [-0.05, 0) is 18.9 Å². The quantitative estimate of drug-likeness (QED) is 0.712. The van der Waals surface area contributed by atoms with E-state index >= 15 is 0 Å². The molecule has 13 heavy (non-hydrogen) atoms. The van der Waals surface area contributed by atoms with E-state index in [1.165, 1.54) is 6.07 Å². The summed E-state index contributed by atoms with van der Waals surface area (Å²) in [6.07, 6.45) is -0.868. The number of rotatable bonds is 3. The number of alkyl halides is 2.